The first-order valence-electron chi connectivity index (χ1n) is 4.38. The number of carbonyl (C=O) groups excluding carboxylic acids is 1. The van der Waals surface area contributed by atoms with Crippen LogP contribution in [-0.4, -0.2) is 18.8 Å². The van der Waals surface area contributed by atoms with Gasteiger partial charge in [0.1, 0.15) is 0 Å². The summed E-state index contributed by atoms with van der Waals surface area (Å²) in [6.07, 6.45) is 0.353. The van der Waals surface area contributed by atoms with E-state index in [2.05, 4.69) is 4.74 Å². The number of esters is 1. The molecule has 0 saturated carbocycles. The lowest BCUT2D eigenvalue weighted by Gasteiger charge is -2.06. The molecule has 0 aliphatic carbocycles. The second kappa shape index (κ2) is 5.88. The Morgan fingerprint density at radius 2 is 2.33 bits per heavy atom. The molecule has 0 fully saturated rings. The predicted octanol–water partition coefficient (Wildman–Crippen LogP) is 2.58. The van der Waals surface area contributed by atoms with Gasteiger partial charge in [-0.2, -0.15) is 0 Å². The fourth-order valence-corrected chi connectivity index (χ4v) is 2.28. The summed E-state index contributed by atoms with van der Waals surface area (Å²) in [6, 6.07) is 5.35. The van der Waals surface area contributed by atoms with E-state index in [-0.39, 0.29) is 5.97 Å². The molecule has 0 saturated heterocycles. The Balaban J connectivity index is 2.54. The zero-order valence-electron chi connectivity index (χ0n) is 8.33. The number of anilines is 1. The SMILES string of the molecule is COC(=O)CCSc1c(N)cccc1Cl. The molecule has 0 unspecified atom stereocenters. The number of methoxy groups -OCH3 is 1. The van der Waals surface area contributed by atoms with Crippen LogP contribution in [0.25, 0.3) is 0 Å². The van der Waals surface area contributed by atoms with Gasteiger partial charge in [-0.25, -0.2) is 0 Å². The highest BCUT2D eigenvalue weighted by atomic mass is 35.5. The van der Waals surface area contributed by atoms with Gasteiger partial charge in [0.05, 0.1) is 18.6 Å². The summed E-state index contributed by atoms with van der Waals surface area (Å²) >= 11 is 7.42. The fraction of sp³-hybridized carbons (Fsp3) is 0.300. The van der Waals surface area contributed by atoms with Gasteiger partial charge in [0.15, 0.2) is 0 Å². The van der Waals surface area contributed by atoms with Crippen LogP contribution in [0.15, 0.2) is 23.1 Å². The second-order valence-electron chi connectivity index (χ2n) is 2.83. The Morgan fingerprint density at radius 3 is 2.93 bits per heavy atom. The van der Waals surface area contributed by atoms with Crippen molar-refractivity contribution in [1.29, 1.82) is 0 Å². The van der Waals surface area contributed by atoms with Gasteiger partial charge < -0.3 is 10.5 Å². The van der Waals surface area contributed by atoms with Crippen LogP contribution in [0.4, 0.5) is 5.69 Å². The number of benzene rings is 1. The van der Waals surface area contributed by atoms with Crippen molar-refractivity contribution in [2.24, 2.45) is 0 Å². The predicted molar refractivity (Wildman–Crippen MR) is 63.2 cm³/mol. The molecule has 1 aromatic carbocycles. The minimum Gasteiger partial charge on any atom is -0.469 e. The number of halogens is 1. The van der Waals surface area contributed by atoms with Crippen LogP contribution in [0.1, 0.15) is 6.42 Å². The molecule has 0 atom stereocenters. The molecule has 1 rings (SSSR count). The standard InChI is InChI=1S/C10H12ClNO2S/c1-14-9(13)5-6-15-10-7(11)3-2-4-8(10)12/h2-4H,5-6,12H2,1H3. The summed E-state index contributed by atoms with van der Waals surface area (Å²) in [5.41, 5.74) is 6.39. The van der Waals surface area contributed by atoms with E-state index in [1.54, 1.807) is 18.2 Å². The molecule has 1 aromatic rings. The van der Waals surface area contributed by atoms with Gasteiger partial charge in [0.2, 0.25) is 0 Å². The van der Waals surface area contributed by atoms with Crippen LogP contribution in [-0.2, 0) is 9.53 Å². The Bertz CT molecular complexity index is 337. The highest BCUT2D eigenvalue weighted by molar-refractivity contribution is 7.99. The zero-order chi connectivity index (χ0) is 11.3. The quantitative estimate of drug-likeness (QED) is 0.503. The van der Waals surface area contributed by atoms with Gasteiger partial charge in [-0.1, -0.05) is 17.7 Å². The minimum atomic E-state index is -0.229. The number of thioether (sulfide) groups is 1. The average Bonchev–Trinajstić information content (AvgIpc) is 2.22. The van der Waals surface area contributed by atoms with E-state index in [9.17, 15) is 4.79 Å². The largest absolute Gasteiger partial charge is 0.469 e. The number of nitrogens with two attached hydrogens (primary N) is 1. The Kier molecular flexibility index (Phi) is 4.78. The Labute approximate surface area is 97.9 Å². The van der Waals surface area contributed by atoms with Gasteiger partial charge in [-0.05, 0) is 12.1 Å². The van der Waals surface area contributed by atoms with Gasteiger partial charge in [-0.15, -0.1) is 11.8 Å². The monoisotopic (exact) mass is 245 g/mol. The number of hydrogen-bond acceptors (Lipinski definition) is 4. The molecule has 0 spiro atoms. The number of rotatable bonds is 4. The summed E-state index contributed by atoms with van der Waals surface area (Å²) in [6.45, 7) is 0. The van der Waals surface area contributed by atoms with Crippen molar-refractivity contribution in [3.8, 4) is 0 Å². The van der Waals surface area contributed by atoms with Crippen molar-refractivity contribution in [2.75, 3.05) is 18.6 Å². The molecule has 0 heterocycles. The Hall–Kier alpha value is -0.870. The van der Waals surface area contributed by atoms with E-state index in [0.717, 1.165) is 4.90 Å². The number of hydrogen-bond donors (Lipinski definition) is 1. The first-order chi connectivity index (χ1) is 7.15. The summed E-state index contributed by atoms with van der Waals surface area (Å²) in [5, 5.41) is 0.616. The second-order valence-corrected chi connectivity index (χ2v) is 4.35. The molecule has 5 heteroatoms. The Morgan fingerprint density at radius 1 is 1.60 bits per heavy atom. The molecule has 0 aromatic heterocycles. The smallest absolute Gasteiger partial charge is 0.306 e. The van der Waals surface area contributed by atoms with E-state index >= 15 is 0 Å². The molecule has 0 radical (unpaired) electrons. The molecule has 0 bridgehead atoms. The summed E-state index contributed by atoms with van der Waals surface area (Å²) < 4.78 is 4.53. The van der Waals surface area contributed by atoms with Crippen LogP contribution in [0, 0.1) is 0 Å². The summed E-state index contributed by atoms with van der Waals surface area (Å²) in [5.74, 6) is 0.383. The maximum absolute atomic E-state index is 10.9. The highest BCUT2D eigenvalue weighted by Gasteiger charge is 2.06. The van der Waals surface area contributed by atoms with Gasteiger partial charge in [0.25, 0.3) is 0 Å². The van der Waals surface area contributed by atoms with Crippen molar-refractivity contribution in [1.82, 2.24) is 0 Å². The van der Waals surface area contributed by atoms with E-state index in [0.29, 0.717) is 22.9 Å². The van der Waals surface area contributed by atoms with Gasteiger partial charge in [-0.3, -0.25) is 4.79 Å². The number of carbonyl (C=O) groups is 1. The van der Waals surface area contributed by atoms with Crippen molar-refractivity contribution in [3.05, 3.63) is 23.2 Å². The first-order valence-corrected chi connectivity index (χ1v) is 5.75. The topological polar surface area (TPSA) is 52.3 Å². The van der Waals surface area contributed by atoms with Gasteiger partial charge >= 0.3 is 5.97 Å². The highest BCUT2D eigenvalue weighted by Crippen LogP contribution is 2.32. The van der Waals surface area contributed by atoms with Crippen LogP contribution in [0.5, 0.6) is 0 Å². The van der Waals surface area contributed by atoms with E-state index < -0.39 is 0 Å². The van der Waals surface area contributed by atoms with Crippen LogP contribution in [0.2, 0.25) is 5.02 Å². The number of nitrogen functional groups attached to an aromatic ring is 1. The van der Waals surface area contributed by atoms with E-state index in [1.807, 2.05) is 0 Å². The van der Waals surface area contributed by atoms with Crippen LogP contribution < -0.4 is 5.73 Å². The molecule has 0 aliphatic rings. The third-order valence-corrected chi connectivity index (χ3v) is 3.36. The van der Waals surface area contributed by atoms with Crippen molar-refractivity contribution in [2.45, 2.75) is 11.3 Å². The van der Waals surface area contributed by atoms with E-state index in [1.165, 1.54) is 18.9 Å². The van der Waals surface area contributed by atoms with Crippen molar-refractivity contribution < 1.29 is 9.53 Å². The molecule has 15 heavy (non-hydrogen) atoms. The lowest BCUT2D eigenvalue weighted by molar-refractivity contribution is -0.140. The molecular formula is C10H12ClNO2S. The third kappa shape index (κ3) is 3.64. The van der Waals surface area contributed by atoms with Crippen molar-refractivity contribution >= 4 is 35.0 Å². The molecule has 0 amide bonds. The molecule has 2 N–H and O–H groups in total. The van der Waals surface area contributed by atoms with E-state index in [4.69, 9.17) is 17.3 Å². The molecule has 3 nitrogen and oxygen atoms in total. The maximum Gasteiger partial charge on any atom is 0.306 e. The first kappa shape index (κ1) is 12.2. The lowest BCUT2D eigenvalue weighted by Crippen LogP contribution is -2.01. The summed E-state index contributed by atoms with van der Waals surface area (Å²) in [7, 11) is 1.37. The molecule has 82 valence electrons. The van der Waals surface area contributed by atoms with Gasteiger partial charge in [0, 0.05) is 16.3 Å². The minimum absolute atomic E-state index is 0.229. The molecular weight excluding hydrogens is 234 g/mol. The normalized spacial score (nSPS) is 10.0. The van der Waals surface area contributed by atoms with Crippen LogP contribution in [0.3, 0.4) is 0 Å². The number of ether oxygens (including phenoxy) is 1. The summed E-state index contributed by atoms with van der Waals surface area (Å²) in [4.78, 5) is 11.7. The fourth-order valence-electron chi connectivity index (χ4n) is 1.02. The lowest BCUT2D eigenvalue weighted by atomic mass is 10.3. The third-order valence-electron chi connectivity index (χ3n) is 1.78. The van der Waals surface area contributed by atoms with Crippen LogP contribution >= 0.6 is 23.4 Å². The molecule has 0 aliphatic heterocycles. The maximum atomic E-state index is 10.9. The van der Waals surface area contributed by atoms with Crippen molar-refractivity contribution in [3.63, 3.8) is 0 Å². The zero-order valence-corrected chi connectivity index (χ0v) is 9.90. The average molecular weight is 246 g/mol.